The molecule has 6 heavy (non-hydrogen) atoms. The molecule has 0 atom stereocenters. The molecule has 0 spiro atoms. The van der Waals surface area contributed by atoms with E-state index in [1.54, 1.807) is 0 Å². The van der Waals surface area contributed by atoms with Crippen LogP contribution in [0.15, 0.2) is 0 Å². The first-order valence-electron chi connectivity index (χ1n) is 0.975. The van der Waals surface area contributed by atoms with E-state index >= 15 is 0 Å². The molecule has 0 bridgehead atoms. The molecule has 35 valence electrons. The zero-order chi connectivity index (χ0) is 5.21. The number of hydrogen-bond acceptors (Lipinski definition) is 0. The van der Waals surface area contributed by atoms with Crippen LogP contribution < -0.4 is 0 Å². The molecular weight excluding hydrogens is 176 g/mol. The number of hydrogen-bond donors (Lipinski definition) is 0. The maximum atomic E-state index is 10.8. The average Bonchev–Trinajstić information content (AvgIpc) is 1.35. The molecule has 0 aliphatic heterocycles. The van der Waals surface area contributed by atoms with Crippen LogP contribution in [-0.4, -0.2) is 28.2 Å². The summed E-state index contributed by atoms with van der Waals surface area (Å²) in [4.78, 5) is 0. The maximum absolute atomic E-state index is 10.8. The second-order valence-electron chi connectivity index (χ2n) is 0.548. The second kappa shape index (κ2) is 2.00. The Hall–Kier alpha value is 0.526. The van der Waals surface area contributed by atoms with Crippen LogP contribution in [0, 0.1) is 0 Å². The predicted octanol–water partition coefficient (Wildman–Crippen LogP) is 0.294. The molecule has 0 unspecified atom stereocenters. The third-order valence-electron chi connectivity index (χ3n) is 0.116. The summed E-state index contributed by atoms with van der Waals surface area (Å²) in [5, 5.41) is -3.98. The van der Waals surface area contributed by atoms with Crippen molar-refractivity contribution in [1.29, 1.82) is 0 Å². The van der Waals surface area contributed by atoms with Gasteiger partial charge in [0.2, 0.25) is 0 Å². The van der Waals surface area contributed by atoms with Crippen molar-refractivity contribution in [2.24, 2.45) is 0 Å². The molecule has 0 saturated heterocycles. The van der Waals surface area contributed by atoms with E-state index in [0.29, 0.717) is 0 Å². The van der Waals surface area contributed by atoms with Crippen LogP contribution in [-0.2, 0) is 0 Å². The van der Waals surface area contributed by atoms with E-state index in [1.165, 1.54) is 0 Å². The van der Waals surface area contributed by atoms with Crippen LogP contribution in [0.1, 0.15) is 0 Å². The Morgan fingerprint density at radius 1 is 1.33 bits per heavy atom. The molecule has 0 aromatic rings. The fourth-order valence-corrected chi connectivity index (χ4v) is 0. The summed E-state index contributed by atoms with van der Waals surface area (Å²) < 4.78 is 32.3. The Morgan fingerprint density at radius 3 is 1.50 bits per heavy atom. The fourth-order valence-electron chi connectivity index (χ4n) is 0. The Kier molecular flexibility index (Phi) is 2.17. The van der Waals surface area contributed by atoms with Crippen molar-refractivity contribution in [2.75, 3.05) is 0 Å². The van der Waals surface area contributed by atoms with Crippen LogP contribution in [0.4, 0.5) is 13.2 Å². The third-order valence-corrected chi connectivity index (χ3v) is 1.80. The van der Waals surface area contributed by atoms with Crippen LogP contribution >= 0.6 is 0 Å². The van der Waals surface area contributed by atoms with Crippen LogP contribution in [0.3, 0.4) is 0 Å². The Labute approximate surface area is 42.1 Å². The van der Waals surface area contributed by atoms with Crippen LogP contribution in [0.5, 0.6) is 0 Å². The normalized spacial score (nSPS) is 12.0. The van der Waals surface area contributed by atoms with Crippen molar-refractivity contribution in [3.63, 3.8) is 0 Å². The zero-order valence-corrected chi connectivity index (χ0v) is 5.26. The first kappa shape index (κ1) is 6.53. The number of rotatable bonds is 0. The van der Waals surface area contributed by atoms with Gasteiger partial charge in [0.25, 0.3) is 0 Å². The molecule has 0 aliphatic carbocycles. The molecule has 5 heteroatoms. The van der Waals surface area contributed by atoms with Crippen molar-refractivity contribution in [3.05, 3.63) is 0 Å². The fraction of sp³-hybridized carbons (Fsp3) is 1.00. The molecule has 0 aliphatic rings. The standard InChI is InChI=1S/CF3SeSi/c2-1(3,4)5-6. The molecule has 0 amide bonds. The van der Waals surface area contributed by atoms with Crippen LogP contribution in [0.25, 0.3) is 0 Å². The van der Waals surface area contributed by atoms with Crippen molar-refractivity contribution in [3.8, 4) is 0 Å². The second-order valence-corrected chi connectivity index (χ2v) is 3.01. The van der Waals surface area contributed by atoms with Gasteiger partial charge in [-0.15, -0.1) is 0 Å². The first-order chi connectivity index (χ1) is 2.56. The van der Waals surface area contributed by atoms with E-state index in [1.807, 2.05) is 0 Å². The Balaban J connectivity index is 3.17. The molecule has 0 aromatic carbocycles. The Morgan fingerprint density at radius 2 is 1.50 bits per heavy atom. The molecule has 0 heterocycles. The van der Waals surface area contributed by atoms with Crippen molar-refractivity contribution in [2.45, 2.75) is 5.07 Å². The summed E-state index contributed by atoms with van der Waals surface area (Å²) in [5.41, 5.74) is 0. The Bertz CT molecular complexity index is 40.5. The molecular formula is CF3SeSi. The van der Waals surface area contributed by atoms with Crippen molar-refractivity contribution < 1.29 is 13.2 Å². The SMILES string of the molecule is FC(F)(F)[Se][Si]. The first-order valence-corrected chi connectivity index (χ1v) is 4.81. The quantitative estimate of drug-likeness (QED) is 0.465. The van der Waals surface area contributed by atoms with Gasteiger partial charge in [-0.1, -0.05) is 0 Å². The van der Waals surface area contributed by atoms with Gasteiger partial charge in [0.15, 0.2) is 0 Å². The molecule has 0 rings (SSSR count). The topological polar surface area (TPSA) is 0 Å². The van der Waals surface area contributed by atoms with Gasteiger partial charge in [-0.2, -0.15) is 0 Å². The van der Waals surface area contributed by atoms with E-state index in [4.69, 9.17) is 0 Å². The van der Waals surface area contributed by atoms with Gasteiger partial charge in [-0.05, 0) is 0 Å². The van der Waals surface area contributed by atoms with Gasteiger partial charge >= 0.3 is 41.4 Å². The molecule has 0 fully saturated rings. The van der Waals surface area contributed by atoms with E-state index in [-0.39, 0.29) is 0 Å². The molecule has 0 N–H and O–H groups in total. The van der Waals surface area contributed by atoms with Crippen molar-refractivity contribution in [1.82, 2.24) is 0 Å². The van der Waals surface area contributed by atoms with Gasteiger partial charge in [-0.25, -0.2) is 0 Å². The summed E-state index contributed by atoms with van der Waals surface area (Å²) in [5.74, 6) is 0. The summed E-state index contributed by atoms with van der Waals surface area (Å²) >= 11 is -1.38. The summed E-state index contributed by atoms with van der Waals surface area (Å²) in [6, 6.07) is 0. The third kappa shape index (κ3) is 4.53. The predicted molar refractivity (Wildman–Crippen MR) is 17.6 cm³/mol. The summed E-state index contributed by atoms with van der Waals surface area (Å²) in [6.45, 7) is 0. The van der Waals surface area contributed by atoms with E-state index in [0.717, 1.165) is 0 Å². The minimum atomic E-state index is -3.98. The van der Waals surface area contributed by atoms with E-state index in [9.17, 15) is 13.2 Å². The molecule has 0 aromatic heterocycles. The van der Waals surface area contributed by atoms with Gasteiger partial charge < -0.3 is 0 Å². The van der Waals surface area contributed by atoms with Gasteiger partial charge in [0.05, 0.1) is 0 Å². The monoisotopic (exact) mass is 177 g/mol. The zero-order valence-electron chi connectivity index (χ0n) is 2.54. The molecule has 3 radical (unpaired) electrons. The van der Waals surface area contributed by atoms with Gasteiger partial charge in [-0.3, -0.25) is 0 Å². The van der Waals surface area contributed by atoms with E-state index < -0.39 is 19.4 Å². The van der Waals surface area contributed by atoms with Crippen LogP contribution in [0.2, 0.25) is 0 Å². The summed E-state index contributed by atoms with van der Waals surface area (Å²) in [7, 11) is 2.35. The summed E-state index contributed by atoms with van der Waals surface area (Å²) in [6.07, 6.45) is 0. The number of halogens is 3. The van der Waals surface area contributed by atoms with Gasteiger partial charge in [0.1, 0.15) is 0 Å². The molecule has 0 saturated carbocycles. The molecule has 0 nitrogen and oxygen atoms in total. The average molecular weight is 176 g/mol. The van der Waals surface area contributed by atoms with Gasteiger partial charge in [0, 0.05) is 0 Å². The minimum absolute atomic E-state index is 1.38. The van der Waals surface area contributed by atoms with Crippen molar-refractivity contribution >= 4 is 23.2 Å². The number of alkyl halides is 3. The van der Waals surface area contributed by atoms with E-state index in [2.05, 4.69) is 8.85 Å².